The van der Waals surface area contributed by atoms with Crippen molar-refractivity contribution < 1.29 is 8.42 Å². The summed E-state index contributed by atoms with van der Waals surface area (Å²) in [4.78, 5) is 14.2. The highest BCUT2D eigenvalue weighted by molar-refractivity contribution is 7.89. The van der Waals surface area contributed by atoms with Crippen molar-refractivity contribution in [2.75, 3.05) is 0 Å². The molecule has 0 spiro atoms. The van der Waals surface area contributed by atoms with Crippen molar-refractivity contribution in [1.82, 2.24) is 19.5 Å². The Morgan fingerprint density at radius 2 is 1.73 bits per heavy atom. The highest BCUT2D eigenvalue weighted by Gasteiger charge is 2.12. The summed E-state index contributed by atoms with van der Waals surface area (Å²) in [5, 5.41) is 7.11. The first-order valence-electron chi connectivity index (χ1n) is 7.55. The minimum atomic E-state index is -3.72. The third-order valence-electron chi connectivity index (χ3n) is 3.74. The molecule has 26 heavy (non-hydrogen) atoms. The van der Waals surface area contributed by atoms with Crippen LogP contribution in [-0.2, 0) is 10.0 Å². The average Bonchev–Trinajstić information content (AvgIpc) is 3.33. The smallest absolute Gasteiger partial charge is 0.238 e. The maximum absolute atomic E-state index is 11.4. The minimum Gasteiger partial charge on any atom is -0.300 e. The quantitative estimate of drug-likeness (QED) is 0.583. The number of thiophene rings is 1. The van der Waals surface area contributed by atoms with Gasteiger partial charge in [-0.15, -0.1) is 11.3 Å². The van der Waals surface area contributed by atoms with Gasteiger partial charge < -0.3 is 0 Å². The predicted molar refractivity (Wildman–Crippen MR) is 99.3 cm³/mol. The van der Waals surface area contributed by atoms with Crippen molar-refractivity contribution in [3.63, 3.8) is 0 Å². The minimum absolute atomic E-state index is 0.0616. The van der Waals surface area contributed by atoms with Crippen LogP contribution in [0.2, 0.25) is 0 Å². The van der Waals surface area contributed by atoms with Crippen LogP contribution in [0.4, 0.5) is 0 Å². The van der Waals surface area contributed by atoms with E-state index in [1.54, 1.807) is 48.3 Å². The predicted octanol–water partition coefficient (Wildman–Crippen LogP) is 2.71. The SMILES string of the molecule is NS(=O)(=O)c1ccc(-n2ccnc2-c2cnc(-c3cccs3)nc2)cc1. The van der Waals surface area contributed by atoms with Crippen LogP contribution in [0.5, 0.6) is 0 Å². The summed E-state index contributed by atoms with van der Waals surface area (Å²) in [6.07, 6.45) is 6.89. The van der Waals surface area contributed by atoms with Gasteiger partial charge in [-0.05, 0) is 35.7 Å². The molecule has 0 radical (unpaired) electrons. The summed E-state index contributed by atoms with van der Waals surface area (Å²) in [5.74, 6) is 1.32. The normalized spacial score (nSPS) is 11.6. The summed E-state index contributed by atoms with van der Waals surface area (Å²) < 4.78 is 24.6. The zero-order valence-electron chi connectivity index (χ0n) is 13.4. The molecule has 0 unspecified atom stereocenters. The largest absolute Gasteiger partial charge is 0.300 e. The summed E-state index contributed by atoms with van der Waals surface area (Å²) in [6, 6.07) is 10.2. The van der Waals surface area contributed by atoms with E-state index in [4.69, 9.17) is 5.14 Å². The number of primary sulfonamides is 1. The molecule has 4 aromatic rings. The van der Waals surface area contributed by atoms with Gasteiger partial charge in [0.15, 0.2) is 5.82 Å². The number of hydrogen-bond acceptors (Lipinski definition) is 6. The van der Waals surface area contributed by atoms with Gasteiger partial charge in [-0.3, -0.25) is 4.57 Å². The molecule has 3 aromatic heterocycles. The molecule has 130 valence electrons. The molecule has 1 aromatic carbocycles. The fraction of sp³-hybridized carbons (Fsp3) is 0. The molecule has 4 rings (SSSR count). The molecule has 0 bridgehead atoms. The Hall–Kier alpha value is -2.88. The van der Waals surface area contributed by atoms with E-state index in [9.17, 15) is 8.42 Å². The van der Waals surface area contributed by atoms with Crippen molar-refractivity contribution in [2.24, 2.45) is 5.14 Å². The Labute approximate surface area is 153 Å². The van der Waals surface area contributed by atoms with Gasteiger partial charge in [-0.25, -0.2) is 28.5 Å². The number of rotatable bonds is 4. The lowest BCUT2D eigenvalue weighted by Gasteiger charge is -2.08. The van der Waals surface area contributed by atoms with E-state index in [0.29, 0.717) is 11.6 Å². The molecule has 0 saturated heterocycles. The molecule has 0 atom stereocenters. The number of imidazole rings is 1. The fourth-order valence-corrected chi connectivity index (χ4v) is 3.69. The third-order valence-corrected chi connectivity index (χ3v) is 5.53. The van der Waals surface area contributed by atoms with E-state index in [2.05, 4.69) is 15.0 Å². The molecule has 3 heterocycles. The second-order valence-corrected chi connectivity index (χ2v) is 7.94. The summed E-state index contributed by atoms with van der Waals surface area (Å²) in [6.45, 7) is 0. The van der Waals surface area contributed by atoms with E-state index >= 15 is 0 Å². The number of sulfonamides is 1. The van der Waals surface area contributed by atoms with E-state index < -0.39 is 10.0 Å². The highest BCUT2D eigenvalue weighted by atomic mass is 32.2. The molecule has 0 amide bonds. The Kier molecular flexibility index (Phi) is 4.11. The molecule has 9 heteroatoms. The number of benzene rings is 1. The lowest BCUT2D eigenvalue weighted by molar-refractivity contribution is 0.598. The van der Waals surface area contributed by atoms with Gasteiger partial charge in [0, 0.05) is 30.5 Å². The zero-order valence-corrected chi connectivity index (χ0v) is 15.0. The number of hydrogen-bond donors (Lipinski definition) is 1. The van der Waals surface area contributed by atoms with E-state index in [-0.39, 0.29) is 4.90 Å². The lowest BCUT2D eigenvalue weighted by atomic mass is 10.2. The van der Waals surface area contributed by atoms with Gasteiger partial charge in [-0.2, -0.15) is 0 Å². The van der Waals surface area contributed by atoms with Crippen LogP contribution in [0.1, 0.15) is 0 Å². The maximum Gasteiger partial charge on any atom is 0.238 e. The van der Waals surface area contributed by atoms with Crippen LogP contribution in [0.3, 0.4) is 0 Å². The Balaban J connectivity index is 1.69. The maximum atomic E-state index is 11.4. The van der Waals surface area contributed by atoms with Gasteiger partial charge in [0.25, 0.3) is 0 Å². The van der Waals surface area contributed by atoms with E-state index in [1.807, 2.05) is 22.1 Å². The molecule has 7 nitrogen and oxygen atoms in total. The molecule has 0 aliphatic carbocycles. The van der Waals surface area contributed by atoms with Gasteiger partial charge in [0.1, 0.15) is 5.82 Å². The fourth-order valence-electron chi connectivity index (χ4n) is 2.50. The standard InChI is InChI=1S/C17H13N5O2S2/c18-26(23,24)14-5-3-13(4-6-14)22-8-7-19-17(22)12-10-20-16(21-11-12)15-2-1-9-25-15/h1-11H,(H2,18,23,24). The topological polar surface area (TPSA) is 104 Å². The monoisotopic (exact) mass is 383 g/mol. The average molecular weight is 383 g/mol. The molecule has 0 aliphatic heterocycles. The summed E-state index contributed by atoms with van der Waals surface area (Å²) >= 11 is 1.58. The van der Waals surface area contributed by atoms with Gasteiger partial charge in [-0.1, -0.05) is 6.07 Å². The lowest BCUT2D eigenvalue weighted by Crippen LogP contribution is -2.12. The Morgan fingerprint density at radius 1 is 1.00 bits per heavy atom. The van der Waals surface area contributed by atoms with E-state index in [1.165, 1.54) is 12.1 Å². The van der Waals surface area contributed by atoms with Crippen molar-refractivity contribution in [1.29, 1.82) is 0 Å². The van der Waals surface area contributed by atoms with Crippen LogP contribution in [0.25, 0.3) is 27.8 Å². The molecule has 0 saturated carbocycles. The first-order valence-corrected chi connectivity index (χ1v) is 9.98. The van der Waals surface area contributed by atoms with Gasteiger partial charge in [0.2, 0.25) is 10.0 Å². The first-order chi connectivity index (χ1) is 12.5. The number of nitrogens with zero attached hydrogens (tertiary/aromatic N) is 4. The van der Waals surface area contributed by atoms with Crippen molar-refractivity contribution >= 4 is 21.4 Å². The van der Waals surface area contributed by atoms with E-state index in [0.717, 1.165) is 16.1 Å². The van der Waals surface area contributed by atoms with Crippen LogP contribution in [0.15, 0.2) is 71.5 Å². The molecule has 2 N–H and O–H groups in total. The van der Waals surface area contributed by atoms with Gasteiger partial charge in [0.05, 0.1) is 15.3 Å². The van der Waals surface area contributed by atoms with Crippen molar-refractivity contribution in [2.45, 2.75) is 4.90 Å². The number of nitrogens with two attached hydrogens (primary N) is 1. The number of aromatic nitrogens is 4. The zero-order chi connectivity index (χ0) is 18.1. The third kappa shape index (κ3) is 3.15. The molecule has 0 aliphatic rings. The highest BCUT2D eigenvalue weighted by Crippen LogP contribution is 2.24. The Morgan fingerprint density at radius 3 is 2.35 bits per heavy atom. The second kappa shape index (κ2) is 6.45. The van der Waals surface area contributed by atoms with Crippen molar-refractivity contribution in [3.8, 4) is 27.8 Å². The van der Waals surface area contributed by atoms with Gasteiger partial charge >= 0.3 is 0 Å². The molecular formula is C17H13N5O2S2. The summed E-state index contributed by atoms with van der Waals surface area (Å²) in [7, 11) is -3.72. The van der Waals surface area contributed by atoms with Crippen LogP contribution in [-0.4, -0.2) is 27.9 Å². The van der Waals surface area contributed by atoms with Crippen LogP contribution < -0.4 is 5.14 Å². The first kappa shape index (κ1) is 16.6. The van der Waals surface area contributed by atoms with Crippen LogP contribution >= 0.6 is 11.3 Å². The van der Waals surface area contributed by atoms with Crippen LogP contribution in [0, 0.1) is 0 Å². The Bertz CT molecular complexity index is 1130. The summed E-state index contributed by atoms with van der Waals surface area (Å²) in [5.41, 5.74) is 1.51. The second-order valence-electron chi connectivity index (χ2n) is 5.43. The van der Waals surface area contributed by atoms with Crippen molar-refractivity contribution in [3.05, 3.63) is 66.6 Å². The molecule has 0 fully saturated rings. The molecular weight excluding hydrogens is 370 g/mol.